The molecule has 1 aromatic carbocycles. The minimum absolute atomic E-state index is 0.0330. The molecule has 108 valence electrons. The molecule has 2 N–H and O–H groups in total. The van der Waals surface area contributed by atoms with Crippen LogP contribution in [0.25, 0.3) is 0 Å². The number of nitrogens with one attached hydrogen (secondary N) is 1. The van der Waals surface area contributed by atoms with Crippen LogP contribution in [0.3, 0.4) is 0 Å². The number of nitro groups is 1. The van der Waals surface area contributed by atoms with Crippen LogP contribution in [-0.2, 0) is 0 Å². The van der Waals surface area contributed by atoms with Gasteiger partial charge in [-0.3, -0.25) is 14.9 Å². The van der Waals surface area contributed by atoms with Crippen LogP contribution < -0.4 is 5.32 Å². The average Bonchev–Trinajstić information content (AvgIpc) is 2.81. The lowest BCUT2D eigenvalue weighted by atomic mass is 10.1. The van der Waals surface area contributed by atoms with Crippen LogP contribution in [0.5, 0.6) is 0 Å². The summed E-state index contributed by atoms with van der Waals surface area (Å²) < 4.78 is 0.548. The lowest BCUT2D eigenvalue weighted by Crippen LogP contribution is -2.32. The fourth-order valence-electron chi connectivity index (χ4n) is 2.42. The van der Waals surface area contributed by atoms with Gasteiger partial charge in [0.1, 0.15) is 5.56 Å². The molecular weight excluding hydrogens is 328 g/mol. The third kappa shape index (κ3) is 3.34. The highest BCUT2D eigenvalue weighted by molar-refractivity contribution is 9.10. The van der Waals surface area contributed by atoms with Gasteiger partial charge in [0, 0.05) is 23.0 Å². The maximum absolute atomic E-state index is 12.0. The van der Waals surface area contributed by atoms with Crippen molar-refractivity contribution in [3.63, 3.8) is 0 Å². The third-order valence-electron chi connectivity index (χ3n) is 3.54. The first-order valence-electron chi connectivity index (χ1n) is 6.39. The third-order valence-corrected chi connectivity index (χ3v) is 4.04. The Morgan fingerprint density at radius 3 is 2.85 bits per heavy atom. The minimum Gasteiger partial charge on any atom is -0.393 e. The summed E-state index contributed by atoms with van der Waals surface area (Å²) in [5.41, 5.74) is -0.200. The molecule has 1 saturated carbocycles. The van der Waals surface area contributed by atoms with E-state index in [4.69, 9.17) is 0 Å². The highest BCUT2D eigenvalue weighted by Crippen LogP contribution is 2.26. The van der Waals surface area contributed by atoms with E-state index >= 15 is 0 Å². The summed E-state index contributed by atoms with van der Waals surface area (Å²) in [6.07, 6.45) is 2.17. The molecule has 7 heteroatoms. The molecule has 0 heterocycles. The average molecular weight is 343 g/mol. The van der Waals surface area contributed by atoms with E-state index in [1.54, 1.807) is 6.07 Å². The second-order valence-electron chi connectivity index (χ2n) is 4.89. The number of rotatable bonds is 4. The summed E-state index contributed by atoms with van der Waals surface area (Å²) in [7, 11) is 0. The Balaban J connectivity index is 2.07. The SMILES string of the molecule is O=C(NCC1CCCC1O)c1ccc(Br)cc1[N+](=O)[O-]. The van der Waals surface area contributed by atoms with E-state index in [9.17, 15) is 20.0 Å². The highest BCUT2D eigenvalue weighted by atomic mass is 79.9. The Morgan fingerprint density at radius 1 is 1.50 bits per heavy atom. The molecule has 2 rings (SSSR count). The van der Waals surface area contributed by atoms with Crippen molar-refractivity contribution in [2.45, 2.75) is 25.4 Å². The van der Waals surface area contributed by atoms with Crippen molar-refractivity contribution < 1.29 is 14.8 Å². The molecule has 0 radical (unpaired) electrons. The number of nitro benzene ring substituents is 1. The summed E-state index contributed by atoms with van der Waals surface area (Å²) >= 11 is 3.15. The topological polar surface area (TPSA) is 92.5 Å². The molecule has 1 aromatic rings. The maximum Gasteiger partial charge on any atom is 0.283 e. The van der Waals surface area contributed by atoms with Gasteiger partial charge in [0.15, 0.2) is 0 Å². The summed E-state index contributed by atoms with van der Waals surface area (Å²) in [6, 6.07) is 4.31. The number of carbonyl (C=O) groups is 1. The molecule has 0 aliphatic heterocycles. The number of hydrogen-bond donors (Lipinski definition) is 2. The lowest BCUT2D eigenvalue weighted by molar-refractivity contribution is -0.385. The van der Waals surface area contributed by atoms with Crippen LogP contribution in [0.4, 0.5) is 5.69 Å². The van der Waals surface area contributed by atoms with Gasteiger partial charge in [-0.15, -0.1) is 0 Å². The minimum atomic E-state index is -0.579. The van der Waals surface area contributed by atoms with Crippen LogP contribution >= 0.6 is 15.9 Å². The maximum atomic E-state index is 12.0. The highest BCUT2D eigenvalue weighted by Gasteiger charge is 2.27. The first-order valence-corrected chi connectivity index (χ1v) is 7.18. The summed E-state index contributed by atoms with van der Waals surface area (Å²) in [5.74, 6) is -0.447. The van der Waals surface area contributed by atoms with Crippen molar-refractivity contribution in [1.29, 1.82) is 0 Å². The fourth-order valence-corrected chi connectivity index (χ4v) is 2.77. The van der Waals surface area contributed by atoms with E-state index in [-0.39, 0.29) is 17.2 Å². The predicted octanol–water partition coefficient (Wildman–Crippen LogP) is 2.25. The summed E-state index contributed by atoms with van der Waals surface area (Å²) in [6.45, 7) is 0.340. The predicted molar refractivity (Wildman–Crippen MR) is 76.5 cm³/mol. The first-order chi connectivity index (χ1) is 9.49. The van der Waals surface area contributed by atoms with Crippen molar-refractivity contribution >= 4 is 27.5 Å². The second kappa shape index (κ2) is 6.32. The van der Waals surface area contributed by atoms with Crippen LogP contribution in [-0.4, -0.2) is 28.6 Å². The quantitative estimate of drug-likeness (QED) is 0.648. The van der Waals surface area contributed by atoms with Gasteiger partial charge in [-0.1, -0.05) is 22.4 Å². The Morgan fingerprint density at radius 2 is 2.25 bits per heavy atom. The van der Waals surface area contributed by atoms with Crippen molar-refractivity contribution in [1.82, 2.24) is 5.32 Å². The van der Waals surface area contributed by atoms with Crippen LogP contribution in [0.2, 0.25) is 0 Å². The van der Waals surface area contributed by atoms with E-state index < -0.39 is 16.9 Å². The normalized spacial score (nSPS) is 21.7. The monoisotopic (exact) mass is 342 g/mol. The molecule has 0 spiro atoms. The van der Waals surface area contributed by atoms with Crippen molar-refractivity contribution in [2.24, 2.45) is 5.92 Å². The molecule has 1 fully saturated rings. The summed E-state index contributed by atoms with van der Waals surface area (Å²) in [5, 5.41) is 23.3. The number of aliphatic hydroxyl groups excluding tert-OH is 1. The van der Waals surface area contributed by atoms with E-state index in [2.05, 4.69) is 21.2 Å². The number of carbonyl (C=O) groups excluding carboxylic acids is 1. The van der Waals surface area contributed by atoms with Crippen molar-refractivity contribution in [3.05, 3.63) is 38.3 Å². The van der Waals surface area contributed by atoms with Gasteiger partial charge in [-0.25, -0.2) is 0 Å². The second-order valence-corrected chi connectivity index (χ2v) is 5.80. The van der Waals surface area contributed by atoms with E-state index in [1.165, 1.54) is 12.1 Å². The summed E-state index contributed by atoms with van der Waals surface area (Å²) in [4.78, 5) is 22.4. The van der Waals surface area contributed by atoms with Gasteiger partial charge in [0.25, 0.3) is 11.6 Å². The molecule has 20 heavy (non-hydrogen) atoms. The van der Waals surface area contributed by atoms with Gasteiger partial charge in [0.2, 0.25) is 0 Å². The van der Waals surface area contributed by atoms with Crippen molar-refractivity contribution in [3.8, 4) is 0 Å². The van der Waals surface area contributed by atoms with Crippen LogP contribution in [0.15, 0.2) is 22.7 Å². The number of nitrogens with zero attached hydrogens (tertiary/aromatic N) is 1. The molecule has 0 aromatic heterocycles. The van der Waals surface area contributed by atoms with Gasteiger partial charge >= 0.3 is 0 Å². The van der Waals surface area contributed by atoms with Gasteiger partial charge in [0.05, 0.1) is 11.0 Å². The van der Waals surface area contributed by atoms with Crippen LogP contribution in [0.1, 0.15) is 29.6 Å². The molecule has 1 amide bonds. The molecule has 1 aliphatic carbocycles. The Kier molecular flexibility index (Phi) is 4.72. The zero-order valence-electron chi connectivity index (χ0n) is 10.7. The fraction of sp³-hybridized carbons (Fsp3) is 0.462. The Labute approximate surface area is 124 Å². The molecule has 2 atom stereocenters. The van der Waals surface area contributed by atoms with E-state index in [1.807, 2.05) is 0 Å². The van der Waals surface area contributed by atoms with Gasteiger partial charge in [-0.2, -0.15) is 0 Å². The molecule has 0 bridgehead atoms. The number of hydrogen-bond acceptors (Lipinski definition) is 4. The van der Waals surface area contributed by atoms with Gasteiger partial charge in [-0.05, 0) is 25.0 Å². The number of amides is 1. The first kappa shape index (κ1) is 14.9. The van der Waals surface area contributed by atoms with Crippen molar-refractivity contribution in [2.75, 3.05) is 6.54 Å². The molecule has 2 unspecified atom stereocenters. The number of aliphatic hydroxyl groups is 1. The van der Waals surface area contributed by atoms with E-state index in [0.29, 0.717) is 11.0 Å². The molecule has 1 aliphatic rings. The zero-order chi connectivity index (χ0) is 14.7. The lowest BCUT2D eigenvalue weighted by Gasteiger charge is -2.15. The zero-order valence-corrected chi connectivity index (χ0v) is 12.3. The van der Waals surface area contributed by atoms with Gasteiger partial charge < -0.3 is 10.4 Å². The number of halogens is 1. The smallest absolute Gasteiger partial charge is 0.283 e. The Bertz CT molecular complexity index is 535. The largest absolute Gasteiger partial charge is 0.393 e. The molecular formula is C13H15BrN2O4. The number of benzene rings is 1. The standard InChI is InChI=1S/C13H15BrN2O4/c14-9-4-5-10(11(6-9)16(19)20)13(18)15-7-8-2-1-3-12(8)17/h4-6,8,12,17H,1-3,7H2,(H,15,18). The molecule has 6 nitrogen and oxygen atoms in total. The van der Waals surface area contributed by atoms with E-state index in [0.717, 1.165) is 19.3 Å². The Hall–Kier alpha value is -1.47. The molecule has 0 saturated heterocycles. The van der Waals surface area contributed by atoms with Crippen LogP contribution in [0, 0.1) is 16.0 Å².